The summed E-state index contributed by atoms with van der Waals surface area (Å²) in [5, 5.41) is 3.51. The Kier molecular flexibility index (Phi) is 5.64. The van der Waals surface area contributed by atoms with E-state index in [9.17, 15) is 4.79 Å². The summed E-state index contributed by atoms with van der Waals surface area (Å²) >= 11 is 10.0. The number of methoxy groups -OCH3 is 1. The third kappa shape index (κ3) is 3.85. The lowest BCUT2D eigenvalue weighted by Gasteiger charge is -2.13. The Morgan fingerprint density at radius 2 is 1.88 bits per heavy atom. The Morgan fingerprint density at radius 3 is 2.50 bits per heavy atom. The Bertz CT molecular complexity index is 743. The molecule has 1 N–H and O–H groups in total. The third-order valence-electron chi connectivity index (χ3n) is 3.80. The van der Waals surface area contributed by atoms with E-state index in [-0.39, 0.29) is 5.91 Å². The van der Waals surface area contributed by atoms with Gasteiger partial charge in [-0.15, -0.1) is 23.5 Å². The SMILES string of the molecule is COc1cc(Cl)c(C)cc1NC(=O)c1ccc(C2SCCS2)cc1. The average Bonchev–Trinajstić information content (AvgIpc) is 3.12. The van der Waals surface area contributed by atoms with E-state index in [1.54, 1.807) is 13.2 Å². The van der Waals surface area contributed by atoms with E-state index in [0.717, 1.165) is 5.56 Å². The lowest BCUT2D eigenvalue weighted by molar-refractivity contribution is 0.102. The van der Waals surface area contributed by atoms with E-state index in [2.05, 4.69) is 5.32 Å². The van der Waals surface area contributed by atoms with Gasteiger partial charge in [0.25, 0.3) is 5.91 Å². The molecule has 1 fully saturated rings. The number of thioether (sulfide) groups is 2. The number of anilines is 1. The molecule has 0 aliphatic carbocycles. The molecule has 1 saturated heterocycles. The van der Waals surface area contributed by atoms with Crippen molar-refractivity contribution < 1.29 is 9.53 Å². The van der Waals surface area contributed by atoms with Gasteiger partial charge in [0.1, 0.15) is 5.75 Å². The van der Waals surface area contributed by atoms with Crippen LogP contribution in [0.15, 0.2) is 36.4 Å². The minimum absolute atomic E-state index is 0.159. The van der Waals surface area contributed by atoms with Crippen molar-refractivity contribution in [3.05, 3.63) is 58.1 Å². The number of benzene rings is 2. The minimum atomic E-state index is -0.159. The Labute approximate surface area is 155 Å². The number of carbonyl (C=O) groups excluding carboxylic acids is 1. The molecule has 0 spiro atoms. The maximum atomic E-state index is 12.5. The molecule has 0 radical (unpaired) electrons. The summed E-state index contributed by atoms with van der Waals surface area (Å²) in [6.45, 7) is 1.89. The van der Waals surface area contributed by atoms with Gasteiger partial charge in [-0.25, -0.2) is 0 Å². The second-order valence-corrected chi connectivity index (χ2v) is 8.58. The fourth-order valence-electron chi connectivity index (χ4n) is 2.47. The molecule has 1 heterocycles. The molecule has 2 aromatic carbocycles. The Hall–Kier alpha value is -1.30. The number of hydrogen-bond acceptors (Lipinski definition) is 4. The van der Waals surface area contributed by atoms with Crippen molar-refractivity contribution >= 4 is 46.7 Å². The van der Waals surface area contributed by atoms with Gasteiger partial charge in [0, 0.05) is 28.2 Å². The highest BCUT2D eigenvalue weighted by atomic mass is 35.5. The van der Waals surface area contributed by atoms with E-state index in [4.69, 9.17) is 16.3 Å². The number of aryl methyl sites for hydroxylation is 1. The Morgan fingerprint density at radius 1 is 1.21 bits per heavy atom. The predicted molar refractivity (Wildman–Crippen MR) is 105 cm³/mol. The van der Waals surface area contributed by atoms with E-state index < -0.39 is 0 Å². The first-order valence-corrected chi connectivity index (χ1v) is 10.0. The maximum absolute atomic E-state index is 12.5. The molecule has 2 aromatic rings. The van der Waals surface area contributed by atoms with Crippen LogP contribution in [0.1, 0.15) is 26.1 Å². The fourth-order valence-corrected chi connectivity index (χ4v) is 5.48. The lowest BCUT2D eigenvalue weighted by atomic mass is 10.1. The maximum Gasteiger partial charge on any atom is 0.255 e. The van der Waals surface area contributed by atoms with E-state index >= 15 is 0 Å². The standard InChI is InChI=1S/C18H18ClNO2S2/c1-11-9-15(16(22-2)10-14(11)19)20-17(21)12-3-5-13(6-4-12)18-23-7-8-24-18/h3-6,9-10,18H,7-8H2,1-2H3,(H,20,21). The summed E-state index contributed by atoms with van der Waals surface area (Å²) in [7, 11) is 1.56. The van der Waals surface area contributed by atoms with Crippen LogP contribution in [0.4, 0.5) is 5.69 Å². The number of carbonyl (C=O) groups is 1. The zero-order chi connectivity index (χ0) is 17.1. The second-order valence-electron chi connectivity index (χ2n) is 5.45. The molecule has 0 bridgehead atoms. The first kappa shape index (κ1) is 17.5. The molecular weight excluding hydrogens is 362 g/mol. The first-order valence-electron chi connectivity index (χ1n) is 7.57. The number of rotatable bonds is 4. The highest BCUT2D eigenvalue weighted by Crippen LogP contribution is 2.45. The molecule has 1 aliphatic rings. The molecule has 3 rings (SSSR count). The molecule has 0 aromatic heterocycles. The largest absolute Gasteiger partial charge is 0.495 e. The van der Waals surface area contributed by atoms with Crippen molar-refractivity contribution in [1.29, 1.82) is 0 Å². The number of amides is 1. The summed E-state index contributed by atoms with van der Waals surface area (Å²) in [5.41, 5.74) is 3.40. The van der Waals surface area contributed by atoms with Crippen molar-refractivity contribution in [1.82, 2.24) is 0 Å². The number of ether oxygens (including phenoxy) is 1. The first-order chi connectivity index (χ1) is 11.6. The van der Waals surface area contributed by atoms with Crippen LogP contribution in [0.2, 0.25) is 5.02 Å². The van der Waals surface area contributed by atoms with Crippen molar-refractivity contribution in [2.45, 2.75) is 11.5 Å². The van der Waals surface area contributed by atoms with E-state index in [1.807, 2.05) is 60.8 Å². The predicted octanol–water partition coefficient (Wildman–Crippen LogP) is 5.39. The minimum Gasteiger partial charge on any atom is -0.495 e. The normalized spacial score (nSPS) is 14.6. The quantitative estimate of drug-likeness (QED) is 0.773. The van der Waals surface area contributed by atoms with Gasteiger partial charge >= 0.3 is 0 Å². The van der Waals surface area contributed by atoms with Crippen molar-refractivity contribution in [3.63, 3.8) is 0 Å². The smallest absolute Gasteiger partial charge is 0.255 e. The third-order valence-corrected chi connectivity index (χ3v) is 7.31. The monoisotopic (exact) mass is 379 g/mol. The summed E-state index contributed by atoms with van der Waals surface area (Å²) in [5.74, 6) is 2.77. The second kappa shape index (κ2) is 7.72. The molecule has 0 atom stereocenters. The van der Waals surface area contributed by atoms with E-state index in [0.29, 0.717) is 26.6 Å². The van der Waals surface area contributed by atoms with Gasteiger partial charge in [0.2, 0.25) is 0 Å². The molecule has 0 unspecified atom stereocenters. The Balaban J connectivity index is 1.76. The average molecular weight is 380 g/mol. The van der Waals surface area contributed by atoms with Gasteiger partial charge in [-0.2, -0.15) is 0 Å². The van der Waals surface area contributed by atoms with Crippen molar-refractivity contribution in [2.24, 2.45) is 0 Å². The molecular formula is C18H18ClNO2S2. The van der Waals surface area contributed by atoms with Gasteiger partial charge < -0.3 is 10.1 Å². The van der Waals surface area contributed by atoms with Gasteiger partial charge in [0.05, 0.1) is 17.4 Å². The van der Waals surface area contributed by atoms with Gasteiger partial charge in [0.15, 0.2) is 0 Å². The zero-order valence-electron chi connectivity index (χ0n) is 13.5. The molecule has 6 heteroatoms. The summed E-state index contributed by atoms with van der Waals surface area (Å²) < 4.78 is 5.79. The van der Waals surface area contributed by atoms with Crippen molar-refractivity contribution in [2.75, 3.05) is 23.9 Å². The van der Waals surface area contributed by atoms with Crippen LogP contribution in [0.5, 0.6) is 5.75 Å². The fraction of sp³-hybridized carbons (Fsp3) is 0.278. The summed E-state index contributed by atoms with van der Waals surface area (Å²) in [6.07, 6.45) is 0. The summed E-state index contributed by atoms with van der Waals surface area (Å²) in [4.78, 5) is 12.5. The molecule has 0 saturated carbocycles. The molecule has 126 valence electrons. The molecule has 1 amide bonds. The lowest BCUT2D eigenvalue weighted by Crippen LogP contribution is -2.13. The van der Waals surface area contributed by atoms with Gasteiger partial charge in [-0.1, -0.05) is 23.7 Å². The number of hydrogen-bond donors (Lipinski definition) is 1. The van der Waals surface area contributed by atoms with Crippen LogP contribution in [0, 0.1) is 6.92 Å². The molecule has 24 heavy (non-hydrogen) atoms. The number of nitrogens with one attached hydrogen (secondary N) is 1. The van der Waals surface area contributed by atoms with Crippen LogP contribution >= 0.6 is 35.1 Å². The van der Waals surface area contributed by atoms with Crippen LogP contribution in [0.25, 0.3) is 0 Å². The van der Waals surface area contributed by atoms with Crippen LogP contribution in [0.3, 0.4) is 0 Å². The highest BCUT2D eigenvalue weighted by molar-refractivity contribution is 8.19. The highest BCUT2D eigenvalue weighted by Gasteiger charge is 2.18. The van der Waals surface area contributed by atoms with Crippen LogP contribution in [-0.2, 0) is 0 Å². The van der Waals surface area contributed by atoms with Gasteiger partial charge in [-0.3, -0.25) is 4.79 Å². The number of halogens is 1. The van der Waals surface area contributed by atoms with Crippen LogP contribution < -0.4 is 10.1 Å². The van der Waals surface area contributed by atoms with Crippen molar-refractivity contribution in [3.8, 4) is 5.75 Å². The molecule has 3 nitrogen and oxygen atoms in total. The van der Waals surface area contributed by atoms with Gasteiger partial charge in [-0.05, 0) is 36.2 Å². The zero-order valence-corrected chi connectivity index (χ0v) is 15.9. The topological polar surface area (TPSA) is 38.3 Å². The summed E-state index contributed by atoms with van der Waals surface area (Å²) in [6, 6.07) is 11.4. The van der Waals surface area contributed by atoms with E-state index in [1.165, 1.54) is 17.1 Å². The van der Waals surface area contributed by atoms with Crippen LogP contribution in [-0.4, -0.2) is 24.5 Å². The molecule has 1 aliphatic heterocycles.